The van der Waals surface area contributed by atoms with Crippen LogP contribution in [0.2, 0.25) is 0 Å². The van der Waals surface area contributed by atoms with Gasteiger partial charge in [-0.1, -0.05) is 0 Å². The number of amides is 1. The van der Waals surface area contributed by atoms with Crippen LogP contribution in [0.4, 0.5) is 4.79 Å². The fourth-order valence-electron chi connectivity index (χ4n) is 1.28. The Labute approximate surface area is 72.0 Å². The molecular formula is C8H14N2O2. The number of carbonyl (C=O) groups excluding carboxylic acids is 1. The normalized spacial score (nSPS) is 18.7. The van der Waals surface area contributed by atoms with Gasteiger partial charge in [-0.2, -0.15) is 4.99 Å². The first-order valence-corrected chi connectivity index (χ1v) is 4.17. The monoisotopic (exact) mass is 170 g/mol. The van der Waals surface area contributed by atoms with E-state index in [-0.39, 0.29) is 0 Å². The summed E-state index contributed by atoms with van der Waals surface area (Å²) >= 11 is 0. The third-order valence-electron chi connectivity index (χ3n) is 2.03. The topological polar surface area (TPSA) is 50.7 Å². The van der Waals surface area contributed by atoms with Crippen LogP contribution >= 0.6 is 0 Å². The minimum atomic E-state index is -0.562. The number of hydrogen-bond donors (Lipinski definition) is 1. The summed E-state index contributed by atoms with van der Waals surface area (Å²) in [7, 11) is 0. The van der Waals surface area contributed by atoms with Crippen LogP contribution in [0.15, 0.2) is 4.99 Å². The van der Waals surface area contributed by atoms with Gasteiger partial charge in [-0.25, -0.2) is 4.79 Å². The average Bonchev–Trinajstić information content (AvgIpc) is 2.16. The summed E-state index contributed by atoms with van der Waals surface area (Å²) < 4.78 is 4.83. The Bertz CT molecular complexity index is 164. The highest BCUT2D eigenvalue weighted by Crippen LogP contribution is 2.11. The van der Waals surface area contributed by atoms with Gasteiger partial charge in [0.2, 0.25) is 0 Å². The third kappa shape index (κ3) is 3.00. The Kier molecular flexibility index (Phi) is 3.73. The van der Waals surface area contributed by atoms with Crippen molar-refractivity contribution >= 4 is 12.8 Å². The highest BCUT2D eigenvalue weighted by Gasteiger charge is 2.14. The van der Waals surface area contributed by atoms with E-state index in [1.807, 2.05) is 0 Å². The van der Waals surface area contributed by atoms with E-state index >= 15 is 0 Å². The highest BCUT2D eigenvalue weighted by molar-refractivity contribution is 5.72. The first kappa shape index (κ1) is 9.19. The second-order valence-corrected chi connectivity index (χ2v) is 2.93. The Balaban J connectivity index is 2.12. The zero-order chi connectivity index (χ0) is 8.81. The molecule has 1 rings (SSSR count). The molecule has 0 aromatic rings. The molecule has 1 saturated heterocycles. The maximum Gasteiger partial charge on any atom is 0.432 e. The van der Waals surface area contributed by atoms with Gasteiger partial charge in [-0.05, 0) is 38.6 Å². The lowest BCUT2D eigenvalue weighted by atomic mass is 9.99. The quantitative estimate of drug-likeness (QED) is 0.624. The fraction of sp³-hybridized carbons (Fsp3) is 0.750. The summed E-state index contributed by atoms with van der Waals surface area (Å²) in [6.45, 7) is 5.61. The molecule has 68 valence electrons. The molecule has 1 heterocycles. The van der Waals surface area contributed by atoms with Crippen LogP contribution in [0.1, 0.15) is 12.8 Å². The molecule has 1 fully saturated rings. The first-order chi connectivity index (χ1) is 5.83. The highest BCUT2D eigenvalue weighted by atomic mass is 16.5. The Morgan fingerprint density at radius 1 is 1.58 bits per heavy atom. The fourth-order valence-corrected chi connectivity index (χ4v) is 1.28. The number of aliphatic imine (C=N–C) groups is 1. The molecule has 0 atom stereocenters. The SMILES string of the molecule is C=NC(=O)OCC1CCNCC1. The Morgan fingerprint density at radius 2 is 2.25 bits per heavy atom. The molecule has 12 heavy (non-hydrogen) atoms. The number of carbonyl (C=O) groups is 1. The standard InChI is InChI=1S/C8H14N2O2/c1-9-8(11)12-6-7-2-4-10-5-3-7/h7,10H,1-6H2. The van der Waals surface area contributed by atoms with E-state index < -0.39 is 6.09 Å². The summed E-state index contributed by atoms with van der Waals surface area (Å²) in [5.74, 6) is 0.497. The van der Waals surface area contributed by atoms with E-state index in [2.05, 4.69) is 17.0 Å². The number of ether oxygens (including phenoxy) is 1. The molecule has 0 radical (unpaired) electrons. The summed E-state index contributed by atoms with van der Waals surface area (Å²) in [5, 5.41) is 3.24. The minimum absolute atomic E-state index is 0.486. The van der Waals surface area contributed by atoms with E-state index in [9.17, 15) is 4.79 Å². The van der Waals surface area contributed by atoms with Gasteiger partial charge in [0, 0.05) is 0 Å². The van der Waals surface area contributed by atoms with Crippen molar-refractivity contribution in [1.82, 2.24) is 5.32 Å². The molecule has 0 saturated carbocycles. The molecule has 0 aromatic carbocycles. The van der Waals surface area contributed by atoms with Crippen LogP contribution in [0.5, 0.6) is 0 Å². The zero-order valence-electron chi connectivity index (χ0n) is 7.08. The van der Waals surface area contributed by atoms with Crippen molar-refractivity contribution in [3.63, 3.8) is 0 Å². The molecule has 0 unspecified atom stereocenters. The van der Waals surface area contributed by atoms with Gasteiger partial charge in [-0.3, -0.25) is 0 Å². The van der Waals surface area contributed by atoms with Crippen LogP contribution in [0.3, 0.4) is 0 Å². The smallest absolute Gasteiger partial charge is 0.432 e. The number of rotatable bonds is 2. The summed E-state index contributed by atoms with van der Waals surface area (Å²) in [6.07, 6.45) is 1.59. The lowest BCUT2D eigenvalue weighted by Crippen LogP contribution is -2.30. The van der Waals surface area contributed by atoms with Crippen LogP contribution < -0.4 is 5.32 Å². The molecule has 1 aliphatic rings. The zero-order valence-corrected chi connectivity index (χ0v) is 7.08. The molecule has 4 heteroatoms. The average molecular weight is 170 g/mol. The van der Waals surface area contributed by atoms with Crippen molar-refractivity contribution in [2.45, 2.75) is 12.8 Å². The van der Waals surface area contributed by atoms with Crippen LogP contribution in [0, 0.1) is 5.92 Å². The minimum Gasteiger partial charge on any atom is -0.448 e. The van der Waals surface area contributed by atoms with Crippen molar-refractivity contribution < 1.29 is 9.53 Å². The lowest BCUT2D eigenvalue weighted by Gasteiger charge is -2.21. The first-order valence-electron chi connectivity index (χ1n) is 4.17. The van der Waals surface area contributed by atoms with Gasteiger partial charge in [0.1, 0.15) is 0 Å². The molecule has 0 aromatic heterocycles. The van der Waals surface area contributed by atoms with Crippen LogP contribution in [0.25, 0.3) is 0 Å². The van der Waals surface area contributed by atoms with Crippen molar-refractivity contribution in [1.29, 1.82) is 0 Å². The second kappa shape index (κ2) is 4.87. The van der Waals surface area contributed by atoms with Crippen LogP contribution in [-0.2, 0) is 4.74 Å². The van der Waals surface area contributed by atoms with Gasteiger partial charge in [-0.15, -0.1) is 0 Å². The van der Waals surface area contributed by atoms with Crippen molar-refractivity contribution in [2.24, 2.45) is 10.9 Å². The summed E-state index contributed by atoms with van der Waals surface area (Å²) in [4.78, 5) is 13.7. The van der Waals surface area contributed by atoms with E-state index in [4.69, 9.17) is 4.74 Å². The molecule has 0 spiro atoms. The number of piperidine rings is 1. The predicted molar refractivity (Wildman–Crippen MR) is 46.5 cm³/mol. The van der Waals surface area contributed by atoms with E-state index in [0.29, 0.717) is 12.5 Å². The van der Waals surface area contributed by atoms with Gasteiger partial charge in [0.05, 0.1) is 6.61 Å². The van der Waals surface area contributed by atoms with Crippen LogP contribution in [-0.4, -0.2) is 32.5 Å². The maximum atomic E-state index is 10.6. The maximum absolute atomic E-state index is 10.6. The number of nitrogens with zero attached hydrogens (tertiary/aromatic N) is 1. The predicted octanol–water partition coefficient (Wildman–Crippen LogP) is 0.823. The van der Waals surface area contributed by atoms with Gasteiger partial charge in [0.25, 0.3) is 0 Å². The van der Waals surface area contributed by atoms with Gasteiger partial charge < -0.3 is 10.1 Å². The largest absolute Gasteiger partial charge is 0.448 e. The molecule has 1 N–H and O–H groups in total. The van der Waals surface area contributed by atoms with Crippen molar-refractivity contribution in [2.75, 3.05) is 19.7 Å². The molecule has 0 bridgehead atoms. The number of hydrogen-bond acceptors (Lipinski definition) is 3. The summed E-state index contributed by atoms with van der Waals surface area (Å²) in [6, 6.07) is 0. The molecular weight excluding hydrogens is 156 g/mol. The van der Waals surface area contributed by atoms with E-state index in [1.54, 1.807) is 0 Å². The molecule has 0 aliphatic carbocycles. The Hall–Kier alpha value is -0.900. The van der Waals surface area contributed by atoms with Gasteiger partial charge in [0.15, 0.2) is 0 Å². The van der Waals surface area contributed by atoms with E-state index in [0.717, 1.165) is 25.9 Å². The van der Waals surface area contributed by atoms with Crippen molar-refractivity contribution in [3.8, 4) is 0 Å². The second-order valence-electron chi connectivity index (χ2n) is 2.93. The molecule has 4 nitrogen and oxygen atoms in total. The Morgan fingerprint density at radius 3 is 2.83 bits per heavy atom. The molecule has 1 amide bonds. The van der Waals surface area contributed by atoms with E-state index in [1.165, 1.54) is 0 Å². The summed E-state index contributed by atoms with van der Waals surface area (Å²) in [5.41, 5.74) is 0. The third-order valence-corrected chi connectivity index (χ3v) is 2.03. The number of nitrogens with one attached hydrogen (secondary N) is 1. The molecule has 1 aliphatic heterocycles. The lowest BCUT2D eigenvalue weighted by molar-refractivity contribution is 0.127. The van der Waals surface area contributed by atoms with Gasteiger partial charge >= 0.3 is 6.09 Å². The van der Waals surface area contributed by atoms with Crippen molar-refractivity contribution in [3.05, 3.63) is 0 Å².